The molecule has 134 valence electrons. The van der Waals surface area contributed by atoms with Gasteiger partial charge >= 0.3 is 5.97 Å². The second kappa shape index (κ2) is 8.39. The van der Waals surface area contributed by atoms with E-state index < -0.39 is 12.6 Å². The molecule has 1 saturated heterocycles. The van der Waals surface area contributed by atoms with Gasteiger partial charge in [-0.05, 0) is 65.3 Å². The molecule has 0 aliphatic carbocycles. The van der Waals surface area contributed by atoms with Gasteiger partial charge in [0, 0.05) is 6.54 Å². The van der Waals surface area contributed by atoms with Gasteiger partial charge in [-0.3, -0.25) is 14.5 Å². The maximum atomic E-state index is 12.2. The van der Waals surface area contributed by atoms with Gasteiger partial charge in [0.05, 0.1) is 16.0 Å². The third-order valence-corrected chi connectivity index (χ3v) is 4.66. The molecule has 0 atom stereocenters. The number of rotatable bonds is 7. The van der Waals surface area contributed by atoms with Crippen molar-refractivity contribution in [2.45, 2.75) is 13.8 Å². The van der Waals surface area contributed by atoms with Crippen molar-refractivity contribution in [3.63, 3.8) is 0 Å². The second-order valence-corrected chi connectivity index (χ2v) is 6.72. The zero-order valence-electron chi connectivity index (χ0n) is 13.6. The number of aliphatic carboxylic acids is 1. The Bertz CT molecular complexity index is 748. The van der Waals surface area contributed by atoms with Crippen LogP contribution in [-0.2, 0) is 9.59 Å². The van der Waals surface area contributed by atoms with Crippen molar-refractivity contribution in [3.05, 3.63) is 27.1 Å². The summed E-state index contributed by atoms with van der Waals surface area (Å²) in [7, 11) is 0. The monoisotopic (exact) mass is 429 g/mol. The van der Waals surface area contributed by atoms with Gasteiger partial charge in [-0.25, -0.2) is 4.79 Å². The zero-order chi connectivity index (χ0) is 18.6. The van der Waals surface area contributed by atoms with Crippen LogP contribution in [0.2, 0.25) is 0 Å². The summed E-state index contributed by atoms with van der Waals surface area (Å²) in [6, 6.07) is 3.30. The number of halogens is 1. The average Bonchev–Trinajstić information content (AvgIpc) is 2.80. The lowest BCUT2D eigenvalue weighted by Crippen LogP contribution is -2.27. The van der Waals surface area contributed by atoms with Crippen LogP contribution in [0.3, 0.4) is 0 Å². The van der Waals surface area contributed by atoms with Gasteiger partial charge in [0.2, 0.25) is 0 Å². The highest BCUT2D eigenvalue weighted by molar-refractivity contribution is 9.10. The van der Waals surface area contributed by atoms with Gasteiger partial charge in [-0.15, -0.1) is 0 Å². The minimum atomic E-state index is -1.10. The normalized spacial score (nSPS) is 15.8. The number of hydrogen-bond donors (Lipinski definition) is 1. The predicted octanol–water partition coefficient (Wildman–Crippen LogP) is 3.37. The fourth-order valence-corrected chi connectivity index (χ4v) is 3.61. The van der Waals surface area contributed by atoms with Crippen LogP contribution in [0.4, 0.5) is 4.79 Å². The van der Waals surface area contributed by atoms with Crippen molar-refractivity contribution in [2.24, 2.45) is 0 Å². The molecule has 9 heteroatoms. The smallest absolute Gasteiger partial charge is 0.341 e. The predicted molar refractivity (Wildman–Crippen MR) is 96.8 cm³/mol. The summed E-state index contributed by atoms with van der Waals surface area (Å²) < 4.78 is 11.2. The second-order valence-electron chi connectivity index (χ2n) is 4.87. The van der Waals surface area contributed by atoms with E-state index in [9.17, 15) is 14.4 Å². The van der Waals surface area contributed by atoms with Crippen LogP contribution in [0.15, 0.2) is 21.5 Å². The fraction of sp³-hybridized carbons (Fsp3) is 0.312. The van der Waals surface area contributed by atoms with Crippen LogP contribution >= 0.6 is 27.7 Å². The number of benzene rings is 1. The molecule has 2 rings (SSSR count). The summed E-state index contributed by atoms with van der Waals surface area (Å²) in [5.74, 6) is -0.827. The Hall–Kier alpha value is -2.00. The average molecular weight is 430 g/mol. The zero-order valence-corrected chi connectivity index (χ0v) is 16.0. The molecular weight excluding hydrogens is 414 g/mol. The molecule has 0 aromatic heterocycles. The number of carboxylic acids is 1. The third-order valence-electron chi connectivity index (χ3n) is 3.16. The molecule has 1 heterocycles. The van der Waals surface area contributed by atoms with Gasteiger partial charge in [-0.2, -0.15) is 0 Å². The van der Waals surface area contributed by atoms with Crippen LogP contribution in [0.25, 0.3) is 6.08 Å². The van der Waals surface area contributed by atoms with E-state index in [0.29, 0.717) is 33.8 Å². The fourth-order valence-electron chi connectivity index (χ4n) is 2.13. The van der Waals surface area contributed by atoms with Crippen molar-refractivity contribution in [1.82, 2.24) is 4.90 Å². The topological polar surface area (TPSA) is 93.1 Å². The first-order valence-electron chi connectivity index (χ1n) is 7.43. The molecule has 1 aliphatic heterocycles. The Balaban J connectivity index is 2.36. The Labute approximate surface area is 157 Å². The van der Waals surface area contributed by atoms with E-state index in [1.54, 1.807) is 32.1 Å². The van der Waals surface area contributed by atoms with Crippen molar-refractivity contribution in [1.29, 1.82) is 0 Å². The Morgan fingerprint density at radius 2 is 2.04 bits per heavy atom. The SMILES string of the molecule is CCOc1cc(/C=C2/SC(=O)N(CC)C2=O)cc(Br)c1OCC(=O)O. The first kappa shape index (κ1) is 19.3. The van der Waals surface area contributed by atoms with E-state index >= 15 is 0 Å². The number of thioether (sulfide) groups is 1. The minimum Gasteiger partial charge on any atom is -0.490 e. The van der Waals surface area contributed by atoms with Crippen LogP contribution in [0.5, 0.6) is 11.5 Å². The van der Waals surface area contributed by atoms with E-state index in [1.165, 1.54) is 4.90 Å². The number of carbonyl (C=O) groups is 3. The summed E-state index contributed by atoms with van der Waals surface area (Å²) >= 11 is 4.20. The molecule has 0 unspecified atom stereocenters. The standard InChI is InChI=1S/C16H16BrNO6S/c1-3-18-15(21)12(25-16(18)22)7-9-5-10(17)14(24-8-13(19)20)11(6-9)23-4-2/h5-7H,3-4,8H2,1-2H3,(H,19,20)/b12-7+. The molecule has 2 amide bonds. The molecule has 0 spiro atoms. The highest BCUT2D eigenvalue weighted by Crippen LogP contribution is 2.39. The van der Waals surface area contributed by atoms with E-state index in [1.807, 2.05) is 0 Å². The summed E-state index contributed by atoms with van der Waals surface area (Å²) in [6.07, 6.45) is 1.59. The van der Waals surface area contributed by atoms with Crippen molar-refractivity contribution in [2.75, 3.05) is 19.8 Å². The van der Waals surface area contributed by atoms with Crippen molar-refractivity contribution in [3.8, 4) is 11.5 Å². The molecule has 1 aromatic rings. The molecule has 0 saturated carbocycles. The summed E-state index contributed by atoms with van der Waals surface area (Å²) in [4.78, 5) is 36.1. The van der Waals surface area contributed by atoms with Gasteiger partial charge in [0.15, 0.2) is 18.1 Å². The van der Waals surface area contributed by atoms with Gasteiger partial charge < -0.3 is 14.6 Å². The first-order chi connectivity index (χ1) is 11.9. The molecule has 1 aliphatic rings. The van der Waals surface area contributed by atoms with Crippen LogP contribution in [0.1, 0.15) is 19.4 Å². The molecular formula is C16H16BrNO6S. The molecule has 0 bridgehead atoms. The first-order valence-corrected chi connectivity index (χ1v) is 9.04. The molecule has 25 heavy (non-hydrogen) atoms. The van der Waals surface area contributed by atoms with E-state index in [0.717, 1.165) is 11.8 Å². The van der Waals surface area contributed by atoms with Crippen LogP contribution < -0.4 is 9.47 Å². The number of imide groups is 1. The largest absolute Gasteiger partial charge is 0.490 e. The summed E-state index contributed by atoms with van der Waals surface area (Å²) in [5, 5.41) is 8.46. The number of amides is 2. The Morgan fingerprint density at radius 3 is 2.60 bits per heavy atom. The number of hydrogen-bond acceptors (Lipinski definition) is 6. The van der Waals surface area contributed by atoms with E-state index in [-0.39, 0.29) is 16.9 Å². The highest BCUT2D eigenvalue weighted by Gasteiger charge is 2.33. The maximum absolute atomic E-state index is 12.2. The highest BCUT2D eigenvalue weighted by atomic mass is 79.9. The van der Waals surface area contributed by atoms with Crippen molar-refractivity contribution >= 4 is 50.9 Å². The van der Waals surface area contributed by atoms with Crippen LogP contribution in [0, 0.1) is 0 Å². The molecule has 1 N–H and O–H groups in total. The molecule has 1 fully saturated rings. The van der Waals surface area contributed by atoms with Gasteiger partial charge in [0.1, 0.15) is 0 Å². The summed E-state index contributed by atoms with van der Waals surface area (Å²) in [6.45, 7) is 3.68. The van der Waals surface area contributed by atoms with Gasteiger partial charge in [-0.1, -0.05) is 0 Å². The Kier molecular flexibility index (Phi) is 6.49. The lowest BCUT2D eigenvalue weighted by atomic mass is 10.2. The van der Waals surface area contributed by atoms with Crippen molar-refractivity contribution < 1.29 is 29.0 Å². The van der Waals surface area contributed by atoms with Gasteiger partial charge in [0.25, 0.3) is 11.1 Å². The Morgan fingerprint density at radius 1 is 1.32 bits per heavy atom. The third kappa shape index (κ3) is 4.55. The molecule has 1 aromatic carbocycles. The number of carbonyl (C=O) groups excluding carboxylic acids is 2. The molecule has 0 radical (unpaired) electrons. The quantitative estimate of drug-likeness (QED) is 0.663. The molecule has 7 nitrogen and oxygen atoms in total. The maximum Gasteiger partial charge on any atom is 0.341 e. The number of carboxylic acid groups (broad SMARTS) is 1. The number of nitrogens with zero attached hydrogens (tertiary/aromatic N) is 1. The van der Waals surface area contributed by atoms with Crippen LogP contribution in [-0.4, -0.2) is 46.9 Å². The summed E-state index contributed by atoms with van der Waals surface area (Å²) in [5.41, 5.74) is 0.625. The minimum absolute atomic E-state index is 0.267. The number of ether oxygens (including phenoxy) is 2. The number of likely N-dealkylation sites (N-methyl/N-ethyl adjacent to an activating group) is 1. The lowest BCUT2D eigenvalue weighted by Gasteiger charge is -2.13. The van der Waals surface area contributed by atoms with E-state index in [2.05, 4.69) is 15.9 Å². The van der Waals surface area contributed by atoms with E-state index in [4.69, 9.17) is 14.6 Å². The lowest BCUT2D eigenvalue weighted by molar-refractivity contribution is -0.139.